The molecule has 2 atom stereocenters. The van der Waals surface area contributed by atoms with Gasteiger partial charge in [-0.1, -0.05) is 32.0 Å². The van der Waals surface area contributed by atoms with Crippen LogP contribution in [-0.2, 0) is 6.18 Å². The van der Waals surface area contributed by atoms with Gasteiger partial charge in [0.25, 0.3) is 11.8 Å². The minimum absolute atomic E-state index is 0.105. The molecule has 2 unspecified atom stereocenters. The number of carbonyl (C=O) groups excluding carboxylic acids is 2. The number of fused-ring (bicyclic) bond motifs is 1. The van der Waals surface area contributed by atoms with Crippen molar-refractivity contribution in [1.82, 2.24) is 19.6 Å². The molecule has 3 heterocycles. The number of benzene rings is 2. The average molecular weight is 511 g/mol. The molecule has 0 bridgehead atoms. The molecule has 0 N–H and O–H groups in total. The lowest BCUT2D eigenvalue weighted by Gasteiger charge is -2.41. The zero-order chi connectivity index (χ0) is 26.5. The van der Waals surface area contributed by atoms with E-state index in [-0.39, 0.29) is 35.4 Å². The molecule has 0 spiro atoms. The van der Waals surface area contributed by atoms with Crippen LogP contribution in [0.25, 0.3) is 5.69 Å². The number of hydrogen-bond donors (Lipinski definition) is 0. The lowest BCUT2D eigenvalue weighted by atomic mass is 9.94. The van der Waals surface area contributed by atoms with Gasteiger partial charge in [0.05, 0.1) is 29.0 Å². The Morgan fingerprint density at radius 2 is 1.73 bits per heavy atom. The Morgan fingerprint density at radius 1 is 1.05 bits per heavy atom. The van der Waals surface area contributed by atoms with E-state index < -0.39 is 11.7 Å². The molecule has 5 rings (SSSR count). The highest BCUT2D eigenvalue weighted by Crippen LogP contribution is 2.43. The molecule has 0 aliphatic carbocycles. The minimum atomic E-state index is -4.46. The van der Waals surface area contributed by atoms with Crippen LogP contribution < -0.4 is 0 Å². The molecule has 1 aromatic heterocycles. The Morgan fingerprint density at radius 3 is 2.35 bits per heavy atom. The number of aromatic nitrogens is 2. The van der Waals surface area contributed by atoms with Gasteiger partial charge in [-0.2, -0.15) is 18.3 Å². The van der Waals surface area contributed by atoms with Crippen LogP contribution in [0.4, 0.5) is 13.2 Å². The summed E-state index contributed by atoms with van der Waals surface area (Å²) in [4.78, 5) is 30.7. The van der Waals surface area contributed by atoms with E-state index in [9.17, 15) is 22.8 Å². The monoisotopic (exact) mass is 510 g/mol. The molecule has 194 valence electrons. The Bertz CT molecular complexity index is 1320. The van der Waals surface area contributed by atoms with E-state index in [1.807, 2.05) is 42.2 Å². The van der Waals surface area contributed by atoms with Gasteiger partial charge in [0.1, 0.15) is 5.69 Å². The zero-order valence-corrected chi connectivity index (χ0v) is 21.0. The van der Waals surface area contributed by atoms with Crippen molar-refractivity contribution in [1.29, 1.82) is 0 Å². The molecular formula is C28H29F3N4O2. The van der Waals surface area contributed by atoms with Gasteiger partial charge in [0.15, 0.2) is 0 Å². The maximum atomic E-state index is 14.0. The van der Waals surface area contributed by atoms with Crippen LogP contribution in [0.3, 0.4) is 0 Å². The topological polar surface area (TPSA) is 58.4 Å². The summed E-state index contributed by atoms with van der Waals surface area (Å²) in [6.45, 7) is 6.90. The fourth-order valence-electron chi connectivity index (χ4n) is 5.64. The maximum Gasteiger partial charge on any atom is 0.416 e. The summed E-state index contributed by atoms with van der Waals surface area (Å²) in [5.74, 6) is -0.305. The molecule has 1 saturated heterocycles. The van der Waals surface area contributed by atoms with Crippen molar-refractivity contribution in [3.05, 3.63) is 82.7 Å². The fraction of sp³-hybridized carbons (Fsp3) is 0.393. The van der Waals surface area contributed by atoms with Gasteiger partial charge in [0.2, 0.25) is 0 Å². The standard InChI is InChI=1S/C28H29F3N4O2/c1-17(2)24-23-18(3)32-35(21-8-5-4-6-9-21)25(23)27(37)34(24)22-10-7-15-33(16-22)26(36)19-11-13-20(14-12-19)28(29,30)31/h4-6,8-9,11-14,17,22,24H,7,10,15-16H2,1-3H3. The van der Waals surface area contributed by atoms with Crippen LogP contribution in [0.2, 0.25) is 0 Å². The number of hydrogen-bond acceptors (Lipinski definition) is 3. The fourth-order valence-corrected chi connectivity index (χ4v) is 5.64. The van der Waals surface area contributed by atoms with E-state index in [0.717, 1.165) is 35.5 Å². The van der Waals surface area contributed by atoms with E-state index in [1.165, 1.54) is 12.1 Å². The lowest BCUT2D eigenvalue weighted by Crippen LogP contribution is -2.51. The largest absolute Gasteiger partial charge is 0.416 e. The number of amides is 2. The second-order valence-corrected chi connectivity index (χ2v) is 10.1. The van der Waals surface area contributed by atoms with Crippen molar-refractivity contribution >= 4 is 11.8 Å². The van der Waals surface area contributed by atoms with Gasteiger partial charge in [-0.15, -0.1) is 0 Å². The molecule has 0 radical (unpaired) electrons. The molecule has 37 heavy (non-hydrogen) atoms. The highest BCUT2D eigenvalue weighted by molar-refractivity contribution is 5.99. The van der Waals surface area contributed by atoms with Crippen LogP contribution in [-0.4, -0.2) is 50.5 Å². The zero-order valence-electron chi connectivity index (χ0n) is 21.0. The van der Waals surface area contributed by atoms with Gasteiger partial charge in [-0.05, 0) is 62.1 Å². The number of halogens is 3. The number of carbonyl (C=O) groups is 2. The van der Waals surface area contributed by atoms with Crippen molar-refractivity contribution in [2.75, 3.05) is 13.1 Å². The molecular weight excluding hydrogens is 481 g/mol. The van der Waals surface area contributed by atoms with Crippen molar-refractivity contribution in [2.45, 2.75) is 51.9 Å². The quantitative estimate of drug-likeness (QED) is 0.455. The first-order valence-corrected chi connectivity index (χ1v) is 12.5. The summed E-state index contributed by atoms with van der Waals surface area (Å²) < 4.78 is 40.6. The first-order valence-electron chi connectivity index (χ1n) is 12.5. The SMILES string of the molecule is Cc1nn(-c2ccccc2)c2c1C(C(C)C)N(C1CCCN(C(=O)c3ccc(C(F)(F)F)cc3)C1)C2=O. The summed E-state index contributed by atoms with van der Waals surface area (Å²) in [7, 11) is 0. The van der Waals surface area contributed by atoms with E-state index in [4.69, 9.17) is 5.10 Å². The van der Waals surface area contributed by atoms with Crippen LogP contribution >= 0.6 is 0 Å². The van der Waals surface area contributed by atoms with Crippen molar-refractivity contribution in [3.63, 3.8) is 0 Å². The van der Waals surface area contributed by atoms with Gasteiger partial charge < -0.3 is 9.80 Å². The molecule has 9 heteroatoms. The van der Waals surface area contributed by atoms with E-state index in [0.29, 0.717) is 25.2 Å². The van der Waals surface area contributed by atoms with E-state index in [1.54, 1.807) is 9.58 Å². The number of piperidine rings is 1. The first-order chi connectivity index (χ1) is 17.6. The third kappa shape index (κ3) is 4.40. The van der Waals surface area contributed by atoms with Crippen molar-refractivity contribution in [2.24, 2.45) is 5.92 Å². The second-order valence-electron chi connectivity index (χ2n) is 10.1. The summed E-state index contributed by atoms with van der Waals surface area (Å²) in [6, 6.07) is 13.5. The highest BCUT2D eigenvalue weighted by Gasteiger charge is 2.47. The van der Waals surface area contributed by atoms with Crippen LogP contribution in [0, 0.1) is 12.8 Å². The number of para-hydroxylation sites is 1. The Kier molecular flexibility index (Phi) is 6.33. The van der Waals surface area contributed by atoms with E-state index in [2.05, 4.69) is 13.8 Å². The van der Waals surface area contributed by atoms with Crippen LogP contribution in [0.5, 0.6) is 0 Å². The highest BCUT2D eigenvalue weighted by atomic mass is 19.4. The van der Waals surface area contributed by atoms with Gasteiger partial charge >= 0.3 is 6.18 Å². The summed E-state index contributed by atoms with van der Waals surface area (Å²) in [5, 5.41) is 4.70. The molecule has 3 aromatic rings. The maximum absolute atomic E-state index is 14.0. The molecule has 2 aliphatic rings. The number of aryl methyl sites for hydroxylation is 1. The molecule has 2 aliphatic heterocycles. The van der Waals surface area contributed by atoms with Gasteiger partial charge in [-0.3, -0.25) is 9.59 Å². The Hall–Kier alpha value is -3.62. The molecule has 2 amide bonds. The van der Waals surface area contributed by atoms with Crippen LogP contribution in [0.1, 0.15) is 70.4 Å². The van der Waals surface area contributed by atoms with Gasteiger partial charge in [-0.25, -0.2) is 4.68 Å². The Balaban J connectivity index is 1.43. The third-order valence-corrected chi connectivity index (χ3v) is 7.31. The normalized spacial score (nSPS) is 20.0. The second kappa shape index (κ2) is 9.36. The molecule has 1 fully saturated rings. The number of likely N-dealkylation sites (tertiary alicyclic amines) is 1. The predicted octanol–water partition coefficient (Wildman–Crippen LogP) is 5.66. The number of rotatable bonds is 4. The lowest BCUT2D eigenvalue weighted by molar-refractivity contribution is -0.137. The third-order valence-electron chi connectivity index (χ3n) is 7.31. The molecule has 2 aromatic carbocycles. The molecule has 0 saturated carbocycles. The van der Waals surface area contributed by atoms with Gasteiger partial charge in [0, 0.05) is 24.2 Å². The first kappa shape index (κ1) is 25.0. The Labute approximate surface area is 213 Å². The summed E-state index contributed by atoms with van der Waals surface area (Å²) >= 11 is 0. The van der Waals surface area contributed by atoms with Crippen molar-refractivity contribution in [3.8, 4) is 5.69 Å². The summed E-state index contributed by atoms with van der Waals surface area (Å²) in [5.41, 5.74) is 2.53. The smallest absolute Gasteiger partial charge is 0.337 e. The average Bonchev–Trinajstić information content (AvgIpc) is 3.38. The van der Waals surface area contributed by atoms with E-state index >= 15 is 0 Å². The minimum Gasteiger partial charge on any atom is -0.337 e. The predicted molar refractivity (Wildman–Crippen MR) is 132 cm³/mol. The molecule has 6 nitrogen and oxygen atoms in total. The number of alkyl halides is 3. The summed E-state index contributed by atoms with van der Waals surface area (Å²) in [6.07, 6.45) is -3.01. The number of nitrogens with zero attached hydrogens (tertiary/aromatic N) is 4. The van der Waals surface area contributed by atoms with Crippen molar-refractivity contribution < 1.29 is 22.8 Å². The van der Waals surface area contributed by atoms with Crippen LogP contribution in [0.15, 0.2) is 54.6 Å².